The minimum atomic E-state index is -1.31. The molecule has 4 heteroatoms. The zero-order valence-electron chi connectivity index (χ0n) is 18.6. The van der Waals surface area contributed by atoms with Crippen LogP contribution in [0.4, 0.5) is 0 Å². The number of aliphatic carboxylic acids is 1. The molecule has 0 aliphatic carbocycles. The molecule has 0 saturated heterocycles. The molecule has 162 valence electrons. The van der Waals surface area contributed by atoms with E-state index in [1.807, 2.05) is 26.8 Å². The van der Waals surface area contributed by atoms with Crippen molar-refractivity contribution >= 4 is 12.0 Å². The highest BCUT2D eigenvalue weighted by molar-refractivity contribution is 5.85. The Morgan fingerprint density at radius 1 is 0.897 bits per heavy atom. The van der Waals surface area contributed by atoms with Crippen LogP contribution in [-0.4, -0.2) is 21.8 Å². The van der Waals surface area contributed by atoms with Crippen LogP contribution in [0.2, 0.25) is 0 Å². The molecule has 1 heterocycles. The molecule has 0 bridgehead atoms. The second-order valence-corrected chi connectivity index (χ2v) is 8.53. The summed E-state index contributed by atoms with van der Waals surface area (Å²) in [5, 5.41) is 20.2. The summed E-state index contributed by atoms with van der Waals surface area (Å²) in [6.45, 7) is 7.79. The van der Waals surface area contributed by atoms with Crippen molar-refractivity contribution in [1.29, 1.82) is 0 Å². The van der Waals surface area contributed by atoms with Crippen LogP contribution in [0.15, 0.2) is 6.08 Å². The molecule has 0 saturated carbocycles. The molecule has 1 aromatic rings. The summed E-state index contributed by atoms with van der Waals surface area (Å²) in [5.74, 6) is -0.0973. The maximum absolute atomic E-state index is 12.1. The Labute approximate surface area is 176 Å². The van der Waals surface area contributed by atoms with Crippen molar-refractivity contribution in [3.63, 3.8) is 0 Å². The second-order valence-electron chi connectivity index (χ2n) is 8.53. The van der Waals surface area contributed by atoms with Gasteiger partial charge in [0.15, 0.2) is 0 Å². The quantitative estimate of drug-likeness (QED) is 0.375. The van der Waals surface area contributed by atoms with Crippen LogP contribution in [0.1, 0.15) is 99.8 Å². The van der Waals surface area contributed by atoms with E-state index in [-0.39, 0.29) is 5.75 Å². The number of benzene rings is 1. The van der Waals surface area contributed by atoms with Crippen molar-refractivity contribution in [2.75, 3.05) is 0 Å². The molecule has 1 aromatic carbocycles. The Bertz CT molecular complexity index is 735. The number of phenols is 1. The average Bonchev–Trinajstić information content (AvgIpc) is 2.71. The molecule has 1 aliphatic rings. The van der Waals surface area contributed by atoms with Crippen molar-refractivity contribution in [3.05, 3.63) is 28.3 Å². The van der Waals surface area contributed by atoms with Crippen molar-refractivity contribution < 1.29 is 19.7 Å². The van der Waals surface area contributed by atoms with Gasteiger partial charge in [0, 0.05) is 17.5 Å². The van der Waals surface area contributed by atoms with Gasteiger partial charge < -0.3 is 14.9 Å². The van der Waals surface area contributed by atoms with Crippen molar-refractivity contribution in [3.8, 4) is 11.5 Å². The van der Waals surface area contributed by atoms with Gasteiger partial charge in [-0.15, -0.1) is 0 Å². The summed E-state index contributed by atoms with van der Waals surface area (Å²) in [5.41, 5.74) is 1.76. The number of unbranched alkanes of at least 4 members (excludes halogenated alkanes) is 9. The first-order chi connectivity index (χ1) is 13.8. The van der Waals surface area contributed by atoms with Gasteiger partial charge in [0.25, 0.3) is 0 Å². The van der Waals surface area contributed by atoms with Crippen LogP contribution >= 0.6 is 0 Å². The zero-order valence-corrected chi connectivity index (χ0v) is 18.6. The van der Waals surface area contributed by atoms with Crippen LogP contribution in [-0.2, 0) is 4.79 Å². The fourth-order valence-electron chi connectivity index (χ4n) is 4.13. The first-order valence-corrected chi connectivity index (χ1v) is 11.3. The molecule has 4 nitrogen and oxygen atoms in total. The summed E-state index contributed by atoms with van der Waals surface area (Å²) < 4.78 is 6.11. The third-order valence-electron chi connectivity index (χ3n) is 6.33. The van der Waals surface area contributed by atoms with Crippen LogP contribution in [0.3, 0.4) is 0 Å². The van der Waals surface area contributed by atoms with Crippen LogP contribution < -0.4 is 4.74 Å². The molecule has 0 fully saturated rings. The Kier molecular flexibility index (Phi) is 8.60. The molecule has 0 amide bonds. The lowest BCUT2D eigenvalue weighted by Crippen LogP contribution is -2.44. The third kappa shape index (κ3) is 5.55. The van der Waals surface area contributed by atoms with Crippen LogP contribution in [0.25, 0.3) is 6.08 Å². The molecule has 1 unspecified atom stereocenters. The second kappa shape index (κ2) is 10.7. The summed E-state index contributed by atoms with van der Waals surface area (Å²) in [6.07, 6.45) is 16.1. The summed E-state index contributed by atoms with van der Waals surface area (Å²) in [4.78, 5) is 12.1. The fourth-order valence-corrected chi connectivity index (χ4v) is 4.13. The average molecular weight is 403 g/mol. The van der Waals surface area contributed by atoms with E-state index in [1.165, 1.54) is 44.9 Å². The normalized spacial score (nSPS) is 17.8. The standard InChI is InChI=1S/C25H38O4/c1-5-6-7-8-9-10-11-12-13-14-16-25(24(27)28)17-15-21-20(4)22(26)18(2)19(3)23(21)29-25/h15,17,26H,5-14,16H2,1-4H3,(H,27,28). The number of ether oxygens (including phenoxy) is 1. The summed E-state index contributed by atoms with van der Waals surface area (Å²) >= 11 is 0. The van der Waals surface area contributed by atoms with Gasteiger partial charge in [0.1, 0.15) is 11.5 Å². The molecule has 0 spiro atoms. The Balaban J connectivity index is 1.91. The fraction of sp³-hybridized carbons (Fsp3) is 0.640. The van der Waals surface area contributed by atoms with E-state index in [0.29, 0.717) is 12.2 Å². The lowest BCUT2D eigenvalue weighted by Gasteiger charge is -2.33. The lowest BCUT2D eigenvalue weighted by molar-refractivity contribution is -0.151. The Hall–Kier alpha value is -1.97. The van der Waals surface area contributed by atoms with Gasteiger partial charge in [-0.3, -0.25) is 0 Å². The first-order valence-electron chi connectivity index (χ1n) is 11.3. The van der Waals surface area contributed by atoms with E-state index in [2.05, 4.69) is 6.92 Å². The van der Waals surface area contributed by atoms with E-state index in [0.717, 1.165) is 41.5 Å². The highest BCUT2D eigenvalue weighted by Crippen LogP contribution is 2.43. The molecular formula is C25H38O4. The molecule has 2 N–H and O–H groups in total. The maximum atomic E-state index is 12.1. The first kappa shape index (κ1) is 23.3. The molecule has 1 atom stereocenters. The highest BCUT2D eigenvalue weighted by Gasteiger charge is 2.41. The molecule has 0 aromatic heterocycles. The van der Waals surface area contributed by atoms with Gasteiger partial charge in [-0.1, -0.05) is 70.8 Å². The van der Waals surface area contributed by atoms with Gasteiger partial charge in [0.2, 0.25) is 5.60 Å². The maximum Gasteiger partial charge on any atom is 0.352 e. The van der Waals surface area contributed by atoms with Crippen molar-refractivity contribution in [2.24, 2.45) is 0 Å². The number of aromatic hydroxyl groups is 1. The third-order valence-corrected chi connectivity index (χ3v) is 6.33. The van der Waals surface area contributed by atoms with Gasteiger partial charge in [-0.2, -0.15) is 0 Å². The van der Waals surface area contributed by atoms with Gasteiger partial charge in [0.05, 0.1) is 0 Å². The number of carboxylic acids is 1. The van der Waals surface area contributed by atoms with E-state index in [1.54, 1.807) is 6.08 Å². The number of hydrogen-bond acceptors (Lipinski definition) is 3. The van der Waals surface area contributed by atoms with E-state index in [4.69, 9.17) is 4.74 Å². The summed E-state index contributed by atoms with van der Waals surface area (Å²) in [7, 11) is 0. The Morgan fingerprint density at radius 3 is 2.00 bits per heavy atom. The minimum Gasteiger partial charge on any atom is -0.507 e. The number of phenolic OH excluding ortho intramolecular Hbond substituents is 1. The number of hydrogen-bond donors (Lipinski definition) is 2. The topological polar surface area (TPSA) is 66.8 Å². The highest BCUT2D eigenvalue weighted by atomic mass is 16.5. The number of carbonyl (C=O) groups is 1. The van der Waals surface area contributed by atoms with Gasteiger partial charge in [-0.25, -0.2) is 4.79 Å². The Morgan fingerprint density at radius 2 is 1.45 bits per heavy atom. The number of fused-ring (bicyclic) bond motifs is 1. The molecule has 1 aliphatic heterocycles. The molecule has 2 rings (SSSR count). The SMILES string of the molecule is CCCCCCCCCCCCC1(C(=O)O)C=Cc2c(C)c(O)c(C)c(C)c2O1. The summed E-state index contributed by atoms with van der Waals surface area (Å²) in [6, 6.07) is 0. The number of carboxylic acid groups (broad SMARTS) is 1. The minimum absolute atomic E-state index is 0.256. The molecular weight excluding hydrogens is 364 g/mol. The van der Waals surface area contributed by atoms with E-state index >= 15 is 0 Å². The van der Waals surface area contributed by atoms with Gasteiger partial charge >= 0.3 is 5.97 Å². The predicted octanol–water partition coefficient (Wildman–Crippen LogP) is 6.86. The van der Waals surface area contributed by atoms with Crippen LogP contribution in [0.5, 0.6) is 11.5 Å². The van der Waals surface area contributed by atoms with E-state index < -0.39 is 11.6 Å². The molecule has 0 radical (unpaired) electrons. The largest absolute Gasteiger partial charge is 0.507 e. The van der Waals surface area contributed by atoms with Crippen LogP contribution in [0, 0.1) is 20.8 Å². The predicted molar refractivity (Wildman–Crippen MR) is 119 cm³/mol. The number of rotatable bonds is 12. The monoisotopic (exact) mass is 402 g/mol. The van der Waals surface area contributed by atoms with Crippen molar-refractivity contribution in [2.45, 2.75) is 104 Å². The molecule has 29 heavy (non-hydrogen) atoms. The smallest absolute Gasteiger partial charge is 0.352 e. The zero-order chi connectivity index (χ0) is 21.4. The van der Waals surface area contributed by atoms with Crippen molar-refractivity contribution in [1.82, 2.24) is 0 Å². The lowest BCUT2D eigenvalue weighted by atomic mass is 9.88. The van der Waals surface area contributed by atoms with Gasteiger partial charge in [-0.05, 0) is 44.4 Å². The van der Waals surface area contributed by atoms with E-state index in [9.17, 15) is 15.0 Å².